The van der Waals surface area contributed by atoms with Crippen LogP contribution in [0, 0.1) is 0 Å². The number of anilines is 2. The smallest absolute Gasteiger partial charge is 0.264 e. The van der Waals surface area contributed by atoms with Crippen LogP contribution in [-0.4, -0.2) is 33.8 Å². The number of carbonyl (C=O) groups is 2. The van der Waals surface area contributed by atoms with Crippen LogP contribution in [0.4, 0.5) is 11.4 Å². The predicted octanol–water partition coefficient (Wildman–Crippen LogP) is 3.07. The van der Waals surface area contributed by atoms with E-state index in [1.54, 1.807) is 43.4 Å². The number of amides is 1. The van der Waals surface area contributed by atoms with Crippen LogP contribution in [0.2, 0.25) is 0 Å². The van der Waals surface area contributed by atoms with E-state index in [2.05, 4.69) is 4.72 Å². The number of hydrogen-bond donors (Lipinski definition) is 1. The Kier molecular flexibility index (Phi) is 5.01. The predicted molar refractivity (Wildman–Crippen MR) is 112 cm³/mol. The van der Waals surface area contributed by atoms with Gasteiger partial charge in [0.05, 0.1) is 10.6 Å². The number of nitrogens with zero attached hydrogens (tertiary/aromatic N) is 1. The number of nitrogens with one attached hydrogen (secondary N) is 1. The highest BCUT2D eigenvalue weighted by Crippen LogP contribution is 2.33. The lowest BCUT2D eigenvalue weighted by molar-refractivity contribution is -0.121. The molecule has 0 spiro atoms. The molecule has 0 bridgehead atoms. The summed E-state index contributed by atoms with van der Waals surface area (Å²) in [7, 11) is -2.34. The zero-order chi connectivity index (χ0) is 21.3. The first-order valence-electron chi connectivity index (χ1n) is 9.11. The number of sulfonamides is 1. The van der Waals surface area contributed by atoms with Crippen LogP contribution in [0.15, 0.2) is 77.7 Å². The van der Waals surface area contributed by atoms with Crippen LogP contribution >= 0.6 is 0 Å². The Balaban J connectivity index is 1.55. The minimum absolute atomic E-state index is 0.00385. The molecule has 0 aromatic heterocycles. The lowest BCUT2D eigenvalue weighted by Crippen LogP contribution is -2.35. The molecule has 1 N–H and O–H groups in total. The van der Waals surface area contributed by atoms with Crippen molar-refractivity contribution < 1.29 is 22.7 Å². The molecule has 0 atom stereocenters. The Labute approximate surface area is 174 Å². The molecule has 1 heterocycles. The average Bonchev–Trinajstić information content (AvgIpc) is 2.76. The molecular formula is C22H18N2O5S. The highest BCUT2D eigenvalue weighted by molar-refractivity contribution is 7.92. The summed E-state index contributed by atoms with van der Waals surface area (Å²) in [5.41, 5.74) is 1.71. The second-order valence-corrected chi connectivity index (χ2v) is 8.43. The maximum absolute atomic E-state index is 12.8. The van der Waals surface area contributed by atoms with Gasteiger partial charge in [-0.2, -0.15) is 0 Å². The number of carbonyl (C=O) groups excluding carboxylic acids is 2. The molecule has 0 saturated heterocycles. The zero-order valence-electron chi connectivity index (χ0n) is 16.0. The second-order valence-electron chi connectivity index (χ2n) is 6.75. The van der Waals surface area contributed by atoms with Gasteiger partial charge in [0.1, 0.15) is 5.75 Å². The van der Waals surface area contributed by atoms with Crippen molar-refractivity contribution in [3.63, 3.8) is 0 Å². The molecule has 8 heteroatoms. The van der Waals surface area contributed by atoms with E-state index < -0.39 is 10.0 Å². The first-order valence-corrected chi connectivity index (χ1v) is 10.6. The summed E-state index contributed by atoms with van der Waals surface area (Å²) < 4.78 is 33.4. The molecule has 30 heavy (non-hydrogen) atoms. The van der Waals surface area contributed by atoms with Gasteiger partial charge in [0.25, 0.3) is 15.9 Å². The molecule has 1 aliphatic rings. The van der Waals surface area contributed by atoms with E-state index in [0.29, 0.717) is 28.3 Å². The van der Waals surface area contributed by atoms with Gasteiger partial charge < -0.3 is 9.64 Å². The monoisotopic (exact) mass is 422 g/mol. The number of benzene rings is 3. The van der Waals surface area contributed by atoms with Crippen molar-refractivity contribution in [2.75, 3.05) is 23.3 Å². The number of ether oxygens (including phenoxy) is 1. The summed E-state index contributed by atoms with van der Waals surface area (Å²) in [6, 6.07) is 19.4. The van der Waals surface area contributed by atoms with E-state index in [1.165, 1.54) is 35.2 Å². The van der Waals surface area contributed by atoms with Gasteiger partial charge in [-0.3, -0.25) is 14.3 Å². The standard InChI is InChI=1S/C22H18N2O5S/c1-24-19-13-18(11-12-20(19)29-14-21(24)25)30(27,28)23-17-9-7-16(8-10-17)22(26)15-5-3-2-4-6-15/h2-13,23H,14H2,1H3. The van der Waals surface area contributed by atoms with Gasteiger partial charge in [0.2, 0.25) is 0 Å². The first kappa shape index (κ1) is 19.7. The summed E-state index contributed by atoms with van der Waals surface area (Å²) in [5, 5.41) is 0. The van der Waals surface area contributed by atoms with Crippen molar-refractivity contribution in [2.24, 2.45) is 0 Å². The molecule has 0 aliphatic carbocycles. The molecule has 0 saturated carbocycles. The number of ketones is 1. The Morgan fingerprint density at radius 3 is 2.33 bits per heavy atom. The Hall–Kier alpha value is -3.65. The van der Waals surface area contributed by atoms with Crippen LogP contribution in [-0.2, 0) is 14.8 Å². The van der Waals surface area contributed by atoms with Gasteiger partial charge in [-0.1, -0.05) is 30.3 Å². The average molecular weight is 422 g/mol. The zero-order valence-corrected chi connectivity index (χ0v) is 16.8. The summed E-state index contributed by atoms with van der Waals surface area (Å²) in [5.74, 6) is 0.0379. The maximum Gasteiger partial charge on any atom is 0.264 e. The van der Waals surface area contributed by atoms with Crippen molar-refractivity contribution in [1.29, 1.82) is 0 Å². The summed E-state index contributed by atoms with van der Waals surface area (Å²) in [4.78, 5) is 25.6. The number of likely N-dealkylation sites (N-methyl/N-ethyl adjacent to an activating group) is 1. The van der Waals surface area contributed by atoms with E-state index in [4.69, 9.17) is 4.74 Å². The highest BCUT2D eigenvalue weighted by atomic mass is 32.2. The fourth-order valence-corrected chi connectivity index (χ4v) is 4.16. The van der Waals surface area contributed by atoms with Crippen LogP contribution in [0.5, 0.6) is 5.75 Å². The third-order valence-corrected chi connectivity index (χ3v) is 6.14. The van der Waals surface area contributed by atoms with Gasteiger partial charge in [0, 0.05) is 23.9 Å². The van der Waals surface area contributed by atoms with Crippen LogP contribution in [0.25, 0.3) is 0 Å². The van der Waals surface area contributed by atoms with E-state index in [9.17, 15) is 18.0 Å². The number of rotatable bonds is 5. The second kappa shape index (κ2) is 7.64. The normalized spacial score (nSPS) is 13.4. The molecule has 0 radical (unpaired) electrons. The van der Waals surface area contributed by atoms with Gasteiger partial charge in [-0.25, -0.2) is 8.42 Å². The summed E-state index contributed by atoms with van der Waals surface area (Å²) in [6.45, 7) is -0.0815. The lowest BCUT2D eigenvalue weighted by Gasteiger charge is -2.26. The van der Waals surface area contributed by atoms with Gasteiger partial charge in [0.15, 0.2) is 12.4 Å². The first-order chi connectivity index (χ1) is 14.3. The largest absolute Gasteiger partial charge is 0.482 e. The molecule has 0 unspecified atom stereocenters. The maximum atomic E-state index is 12.8. The van der Waals surface area contributed by atoms with Crippen molar-refractivity contribution in [2.45, 2.75) is 4.90 Å². The fraction of sp³-hybridized carbons (Fsp3) is 0.0909. The minimum Gasteiger partial charge on any atom is -0.482 e. The molecule has 0 fully saturated rings. The molecular weight excluding hydrogens is 404 g/mol. The summed E-state index contributed by atoms with van der Waals surface area (Å²) >= 11 is 0. The van der Waals surface area contributed by atoms with Crippen molar-refractivity contribution in [3.8, 4) is 5.75 Å². The Bertz CT molecular complexity index is 1220. The van der Waals surface area contributed by atoms with E-state index in [1.807, 2.05) is 6.07 Å². The number of hydrogen-bond acceptors (Lipinski definition) is 5. The molecule has 7 nitrogen and oxygen atoms in total. The molecule has 3 aromatic carbocycles. The third kappa shape index (κ3) is 3.77. The molecule has 3 aromatic rings. The molecule has 1 amide bonds. The van der Waals surface area contributed by atoms with Crippen molar-refractivity contribution in [1.82, 2.24) is 0 Å². The van der Waals surface area contributed by atoms with E-state index in [0.717, 1.165) is 0 Å². The quantitative estimate of drug-likeness (QED) is 0.638. The van der Waals surface area contributed by atoms with E-state index >= 15 is 0 Å². The molecule has 1 aliphatic heterocycles. The Morgan fingerprint density at radius 1 is 0.967 bits per heavy atom. The fourth-order valence-electron chi connectivity index (χ4n) is 3.08. The van der Waals surface area contributed by atoms with Gasteiger partial charge >= 0.3 is 0 Å². The summed E-state index contributed by atoms with van der Waals surface area (Å²) in [6.07, 6.45) is 0. The van der Waals surface area contributed by atoms with E-state index in [-0.39, 0.29) is 23.2 Å². The van der Waals surface area contributed by atoms with Gasteiger partial charge in [-0.05, 0) is 42.5 Å². The molecule has 152 valence electrons. The van der Waals surface area contributed by atoms with Gasteiger partial charge in [-0.15, -0.1) is 0 Å². The Morgan fingerprint density at radius 2 is 1.63 bits per heavy atom. The number of fused-ring (bicyclic) bond motifs is 1. The minimum atomic E-state index is -3.90. The van der Waals surface area contributed by atoms with Crippen molar-refractivity contribution in [3.05, 3.63) is 83.9 Å². The van der Waals surface area contributed by atoms with Crippen molar-refractivity contribution >= 4 is 33.1 Å². The van der Waals surface area contributed by atoms with Crippen LogP contribution < -0.4 is 14.4 Å². The van der Waals surface area contributed by atoms with Crippen LogP contribution in [0.3, 0.4) is 0 Å². The van der Waals surface area contributed by atoms with Crippen LogP contribution in [0.1, 0.15) is 15.9 Å². The third-order valence-electron chi connectivity index (χ3n) is 4.76. The highest BCUT2D eigenvalue weighted by Gasteiger charge is 2.25. The SMILES string of the molecule is CN1C(=O)COc2ccc(S(=O)(=O)Nc3ccc(C(=O)c4ccccc4)cc3)cc21. The molecule has 4 rings (SSSR count). The topological polar surface area (TPSA) is 92.8 Å². The lowest BCUT2D eigenvalue weighted by atomic mass is 10.0.